The van der Waals surface area contributed by atoms with E-state index in [9.17, 15) is 13.6 Å². The maximum atomic E-state index is 13.7. The molecule has 4 rings (SSSR count). The number of carbonyl (C=O) groups is 1. The molecule has 30 heavy (non-hydrogen) atoms. The van der Waals surface area contributed by atoms with E-state index in [2.05, 4.69) is 10.3 Å². The number of para-hydroxylation sites is 2. The van der Waals surface area contributed by atoms with Gasteiger partial charge in [-0.15, -0.1) is 0 Å². The van der Waals surface area contributed by atoms with Crippen molar-refractivity contribution in [1.29, 1.82) is 0 Å². The number of aromatic nitrogens is 2. The highest BCUT2D eigenvalue weighted by Crippen LogP contribution is 2.23. The highest BCUT2D eigenvalue weighted by Gasteiger charge is 2.20. The summed E-state index contributed by atoms with van der Waals surface area (Å²) in [5.41, 5.74) is 2.52. The summed E-state index contributed by atoms with van der Waals surface area (Å²) < 4.78 is 34.3. The quantitative estimate of drug-likeness (QED) is 0.512. The van der Waals surface area contributed by atoms with Crippen LogP contribution in [0.25, 0.3) is 11.0 Å². The predicted molar refractivity (Wildman–Crippen MR) is 109 cm³/mol. The molecule has 0 spiro atoms. The SMILES string of the molecule is COc1ccc(F)cc1C(=O)NC(Cn1cnc2ccccc21)c1ccc(F)cc1. The van der Waals surface area contributed by atoms with Crippen LogP contribution < -0.4 is 10.1 Å². The monoisotopic (exact) mass is 407 g/mol. The van der Waals surface area contributed by atoms with Gasteiger partial charge in [-0.1, -0.05) is 24.3 Å². The normalized spacial score (nSPS) is 12.0. The van der Waals surface area contributed by atoms with Gasteiger partial charge in [-0.05, 0) is 48.0 Å². The molecule has 5 nitrogen and oxygen atoms in total. The van der Waals surface area contributed by atoms with Gasteiger partial charge in [0, 0.05) is 6.54 Å². The average molecular weight is 407 g/mol. The molecule has 0 aliphatic rings. The molecule has 1 N–H and O–H groups in total. The lowest BCUT2D eigenvalue weighted by atomic mass is 10.1. The minimum Gasteiger partial charge on any atom is -0.496 e. The number of nitrogens with zero attached hydrogens (tertiary/aromatic N) is 2. The number of amides is 1. The van der Waals surface area contributed by atoms with Crippen LogP contribution in [0.5, 0.6) is 5.75 Å². The fraction of sp³-hybridized carbons (Fsp3) is 0.130. The summed E-state index contributed by atoms with van der Waals surface area (Å²) in [5, 5.41) is 2.92. The van der Waals surface area contributed by atoms with Gasteiger partial charge in [0.05, 0.1) is 36.1 Å². The summed E-state index contributed by atoms with van der Waals surface area (Å²) in [4.78, 5) is 17.3. The summed E-state index contributed by atoms with van der Waals surface area (Å²) in [6, 6.07) is 16.8. The molecule has 7 heteroatoms. The van der Waals surface area contributed by atoms with Gasteiger partial charge in [0.25, 0.3) is 5.91 Å². The van der Waals surface area contributed by atoms with Crippen LogP contribution in [0.3, 0.4) is 0 Å². The van der Waals surface area contributed by atoms with Crippen LogP contribution in [0.2, 0.25) is 0 Å². The Morgan fingerprint density at radius 1 is 1.07 bits per heavy atom. The molecule has 3 aromatic carbocycles. The maximum absolute atomic E-state index is 13.7. The average Bonchev–Trinajstić information content (AvgIpc) is 3.16. The van der Waals surface area contributed by atoms with E-state index in [1.54, 1.807) is 18.5 Å². The van der Waals surface area contributed by atoms with Crippen molar-refractivity contribution in [3.05, 3.63) is 95.8 Å². The molecular weight excluding hydrogens is 388 g/mol. The van der Waals surface area contributed by atoms with Crippen LogP contribution in [0.15, 0.2) is 73.1 Å². The zero-order valence-electron chi connectivity index (χ0n) is 16.2. The number of methoxy groups -OCH3 is 1. The number of nitrogens with one attached hydrogen (secondary N) is 1. The van der Waals surface area contributed by atoms with E-state index >= 15 is 0 Å². The minimum absolute atomic E-state index is 0.0834. The molecule has 0 aliphatic heterocycles. The van der Waals surface area contributed by atoms with Gasteiger partial charge < -0.3 is 14.6 Å². The topological polar surface area (TPSA) is 56.1 Å². The molecule has 0 fully saturated rings. The molecule has 1 atom stereocenters. The van der Waals surface area contributed by atoms with Crippen molar-refractivity contribution in [3.63, 3.8) is 0 Å². The Hall–Kier alpha value is -3.74. The Morgan fingerprint density at radius 3 is 2.57 bits per heavy atom. The molecule has 0 saturated carbocycles. The molecule has 1 unspecified atom stereocenters. The van der Waals surface area contributed by atoms with Crippen LogP contribution in [0.4, 0.5) is 8.78 Å². The number of rotatable bonds is 6. The molecule has 4 aromatic rings. The number of hydrogen-bond acceptors (Lipinski definition) is 3. The van der Waals surface area contributed by atoms with Crippen molar-refractivity contribution >= 4 is 16.9 Å². The van der Waals surface area contributed by atoms with Crippen LogP contribution in [0, 0.1) is 11.6 Å². The third kappa shape index (κ3) is 4.00. The summed E-state index contributed by atoms with van der Waals surface area (Å²) in [6.45, 7) is 0.357. The van der Waals surface area contributed by atoms with Crippen molar-refractivity contribution < 1.29 is 18.3 Å². The largest absolute Gasteiger partial charge is 0.496 e. The fourth-order valence-corrected chi connectivity index (χ4v) is 3.38. The van der Waals surface area contributed by atoms with Gasteiger partial charge in [0.15, 0.2) is 0 Å². The smallest absolute Gasteiger partial charge is 0.255 e. The van der Waals surface area contributed by atoms with Crippen LogP contribution >= 0.6 is 0 Å². The molecule has 1 aromatic heterocycles. The van der Waals surface area contributed by atoms with Crippen LogP contribution in [-0.4, -0.2) is 22.6 Å². The Morgan fingerprint density at radius 2 is 1.80 bits per heavy atom. The zero-order chi connectivity index (χ0) is 21.1. The number of fused-ring (bicyclic) bond motifs is 1. The second-order valence-electron chi connectivity index (χ2n) is 6.81. The molecule has 0 aliphatic carbocycles. The Bertz CT molecular complexity index is 1190. The van der Waals surface area contributed by atoms with Crippen molar-refractivity contribution in [2.24, 2.45) is 0 Å². The van der Waals surface area contributed by atoms with Gasteiger partial charge in [0.1, 0.15) is 17.4 Å². The first kappa shape index (κ1) is 19.6. The molecule has 0 bridgehead atoms. The lowest BCUT2D eigenvalue weighted by molar-refractivity contribution is 0.0929. The van der Waals surface area contributed by atoms with Gasteiger partial charge in [0.2, 0.25) is 0 Å². The van der Waals surface area contributed by atoms with Gasteiger partial charge >= 0.3 is 0 Å². The van der Waals surface area contributed by atoms with E-state index in [4.69, 9.17) is 4.74 Å². The fourth-order valence-electron chi connectivity index (χ4n) is 3.38. The van der Waals surface area contributed by atoms with Crippen LogP contribution in [-0.2, 0) is 6.54 Å². The molecular formula is C23H19F2N3O2. The molecule has 1 amide bonds. The highest BCUT2D eigenvalue weighted by atomic mass is 19.1. The Labute approximate surface area is 171 Å². The van der Waals surface area contributed by atoms with Crippen molar-refractivity contribution in [2.75, 3.05) is 7.11 Å². The van der Waals surface area contributed by atoms with Gasteiger partial charge in [-0.25, -0.2) is 13.8 Å². The summed E-state index contributed by atoms with van der Waals surface area (Å²) in [7, 11) is 1.42. The van der Waals surface area contributed by atoms with E-state index in [1.807, 2.05) is 28.8 Å². The highest BCUT2D eigenvalue weighted by molar-refractivity contribution is 5.97. The van der Waals surface area contributed by atoms with E-state index < -0.39 is 17.8 Å². The number of ether oxygens (including phenoxy) is 1. The summed E-state index contributed by atoms with van der Waals surface area (Å²) >= 11 is 0. The number of carbonyl (C=O) groups excluding carboxylic acids is 1. The third-order valence-electron chi connectivity index (χ3n) is 4.89. The molecule has 1 heterocycles. The Balaban J connectivity index is 1.68. The molecule has 0 radical (unpaired) electrons. The molecule has 0 saturated heterocycles. The van der Waals surface area contributed by atoms with Gasteiger partial charge in [-0.3, -0.25) is 4.79 Å². The first-order valence-corrected chi connectivity index (χ1v) is 9.35. The summed E-state index contributed by atoms with van der Waals surface area (Å²) in [5.74, 6) is -1.14. The lowest BCUT2D eigenvalue weighted by Crippen LogP contribution is -2.31. The maximum Gasteiger partial charge on any atom is 0.255 e. The summed E-state index contributed by atoms with van der Waals surface area (Å²) in [6.07, 6.45) is 1.69. The second-order valence-corrected chi connectivity index (χ2v) is 6.81. The second kappa shape index (κ2) is 8.32. The Kier molecular flexibility index (Phi) is 5.43. The van der Waals surface area contributed by atoms with Crippen molar-refractivity contribution in [3.8, 4) is 5.75 Å². The third-order valence-corrected chi connectivity index (χ3v) is 4.89. The zero-order valence-corrected chi connectivity index (χ0v) is 16.2. The van der Waals surface area contributed by atoms with Crippen molar-refractivity contribution in [1.82, 2.24) is 14.9 Å². The minimum atomic E-state index is -0.542. The van der Waals surface area contributed by atoms with Crippen LogP contribution in [0.1, 0.15) is 22.0 Å². The van der Waals surface area contributed by atoms with E-state index in [-0.39, 0.29) is 17.1 Å². The van der Waals surface area contributed by atoms with Gasteiger partial charge in [-0.2, -0.15) is 0 Å². The van der Waals surface area contributed by atoms with E-state index in [0.29, 0.717) is 12.1 Å². The first-order chi connectivity index (χ1) is 14.5. The number of halogens is 2. The number of benzene rings is 3. The number of hydrogen-bond donors (Lipinski definition) is 1. The van der Waals surface area contributed by atoms with Crippen molar-refractivity contribution in [2.45, 2.75) is 12.6 Å². The van der Waals surface area contributed by atoms with E-state index in [1.165, 1.54) is 31.4 Å². The standard InChI is InChI=1S/C23H19F2N3O2/c1-30-22-11-10-17(25)12-18(22)23(29)27-20(15-6-8-16(24)9-7-15)13-28-14-26-19-4-2-3-5-21(19)28/h2-12,14,20H,13H2,1H3,(H,27,29). The van der Waals surface area contributed by atoms with E-state index in [0.717, 1.165) is 17.1 Å². The first-order valence-electron chi connectivity index (χ1n) is 9.35. The lowest BCUT2D eigenvalue weighted by Gasteiger charge is -2.21. The predicted octanol–water partition coefficient (Wildman–Crippen LogP) is 4.49. The number of imidazole rings is 1. The molecule has 152 valence electrons.